The van der Waals surface area contributed by atoms with Crippen LogP contribution in [-0.2, 0) is 0 Å². The van der Waals surface area contributed by atoms with Gasteiger partial charge in [-0.15, -0.1) is 11.3 Å². The fraction of sp³-hybridized carbons (Fsp3) is 0.333. The fourth-order valence-electron chi connectivity index (χ4n) is 2.47. The van der Waals surface area contributed by atoms with Crippen LogP contribution < -0.4 is 10.6 Å². The van der Waals surface area contributed by atoms with Crippen LogP contribution in [0.5, 0.6) is 0 Å². The first-order chi connectivity index (χ1) is 10.2. The van der Waals surface area contributed by atoms with Crippen molar-refractivity contribution in [2.24, 2.45) is 0 Å². The molecule has 1 fully saturated rings. The first-order valence-electron chi connectivity index (χ1n) is 7.00. The maximum atomic E-state index is 11.9. The molecule has 4 nitrogen and oxygen atoms in total. The number of nitrogens with zero attached hydrogens (tertiary/aromatic N) is 1. The maximum Gasteiger partial charge on any atom is 0.321 e. The second-order valence-corrected chi connectivity index (χ2v) is 6.90. The van der Waals surface area contributed by atoms with Crippen LogP contribution in [0.1, 0.15) is 25.7 Å². The Morgan fingerprint density at radius 1 is 1.24 bits per heavy atom. The molecule has 1 aliphatic rings. The average molecular weight is 366 g/mol. The molecule has 2 amide bonds. The molecule has 1 aliphatic carbocycles. The molecule has 0 atom stereocenters. The maximum absolute atomic E-state index is 11.9. The number of nitrogens with one attached hydrogen (secondary N) is 2. The average Bonchev–Trinajstić information content (AvgIpc) is 3.11. The first kappa shape index (κ1) is 14.5. The van der Waals surface area contributed by atoms with Gasteiger partial charge in [-0.3, -0.25) is 5.32 Å². The first-order valence-corrected chi connectivity index (χ1v) is 8.67. The Morgan fingerprint density at radius 2 is 1.95 bits per heavy atom. The summed E-state index contributed by atoms with van der Waals surface area (Å²) in [6.45, 7) is 0. The van der Waals surface area contributed by atoms with E-state index in [-0.39, 0.29) is 6.03 Å². The van der Waals surface area contributed by atoms with Crippen molar-refractivity contribution in [2.75, 3.05) is 5.32 Å². The van der Waals surface area contributed by atoms with E-state index >= 15 is 0 Å². The molecule has 3 rings (SSSR count). The molecule has 21 heavy (non-hydrogen) atoms. The number of thiazole rings is 1. The van der Waals surface area contributed by atoms with E-state index in [0.29, 0.717) is 11.2 Å². The van der Waals surface area contributed by atoms with Crippen molar-refractivity contribution in [3.63, 3.8) is 0 Å². The second kappa shape index (κ2) is 6.58. The molecular weight excluding hydrogens is 350 g/mol. The van der Waals surface area contributed by atoms with Crippen LogP contribution in [0.15, 0.2) is 34.1 Å². The lowest BCUT2D eigenvalue weighted by molar-refractivity contribution is 0.248. The van der Waals surface area contributed by atoms with Crippen molar-refractivity contribution in [3.8, 4) is 11.3 Å². The predicted octanol–water partition coefficient (Wildman–Crippen LogP) is 4.64. The Kier molecular flexibility index (Phi) is 4.55. The van der Waals surface area contributed by atoms with Gasteiger partial charge in [-0.25, -0.2) is 9.78 Å². The molecule has 2 aromatic rings. The van der Waals surface area contributed by atoms with E-state index in [1.807, 2.05) is 29.6 Å². The molecule has 0 aliphatic heterocycles. The Hall–Kier alpha value is -1.40. The molecule has 0 bridgehead atoms. The molecule has 1 heterocycles. The molecule has 1 aromatic heterocycles. The third-order valence-corrected chi connectivity index (χ3v) is 4.84. The minimum Gasteiger partial charge on any atom is -0.335 e. The van der Waals surface area contributed by atoms with Crippen molar-refractivity contribution in [1.82, 2.24) is 10.3 Å². The number of aromatic nitrogens is 1. The van der Waals surface area contributed by atoms with E-state index in [4.69, 9.17) is 0 Å². The van der Waals surface area contributed by atoms with Crippen molar-refractivity contribution >= 4 is 38.4 Å². The van der Waals surface area contributed by atoms with Crippen LogP contribution in [0.25, 0.3) is 11.3 Å². The molecule has 0 spiro atoms. The lowest BCUT2D eigenvalue weighted by Crippen LogP contribution is -2.36. The minimum atomic E-state index is -0.154. The summed E-state index contributed by atoms with van der Waals surface area (Å²) in [7, 11) is 0. The van der Waals surface area contributed by atoms with Gasteiger partial charge >= 0.3 is 6.03 Å². The highest BCUT2D eigenvalue weighted by Crippen LogP contribution is 2.26. The number of hydrogen-bond donors (Lipinski definition) is 2. The summed E-state index contributed by atoms with van der Waals surface area (Å²) in [5.41, 5.74) is 1.92. The zero-order chi connectivity index (χ0) is 14.7. The van der Waals surface area contributed by atoms with Gasteiger partial charge in [0.2, 0.25) is 0 Å². The molecule has 1 saturated carbocycles. The van der Waals surface area contributed by atoms with Gasteiger partial charge in [0, 0.05) is 21.5 Å². The number of halogens is 1. The van der Waals surface area contributed by atoms with E-state index in [0.717, 1.165) is 28.6 Å². The van der Waals surface area contributed by atoms with E-state index in [1.54, 1.807) is 0 Å². The lowest BCUT2D eigenvalue weighted by Gasteiger charge is -2.11. The molecule has 6 heteroatoms. The Bertz CT molecular complexity index is 620. The molecule has 0 unspecified atom stereocenters. The van der Waals surface area contributed by atoms with Gasteiger partial charge < -0.3 is 5.32 Å². The van der Waals surface area contributed by atoms with Gasteiger partial charge in [-0.05, 0) is 25.0 Å². The summed E-state index contributed by atoms with van der Waals surface area (Å²) in [6, 6.07) is 8.13. The topological polar surface area (TPSA) is 54.0 Å². The van der Waals surface area contributed by atoms with E-state index in [9.17, 15) is 4.79 Å². The Morgan fingerprint density at radius 3 is 2.67 bits per heavy atom. The normalized spacial score (nSPS) is 15.1. The zero-order valence-electron chi connectivity index (χ0n) is 11.4. The molecule has 2 N–H and O–H groups in total. The SMILES string of the molecule is O=C(Nc1nc(-c2ccc(Br)cc2)cs1)NC1CCCC1. The smallest absolute Gasteiger partial charge is 0.321 e. The number of carbonyl (C=O) groups is 1. The Balaban J connectivity index is 1.61. The summed E-state index contributed by atoms with van der Waals surface area (Å²) in [4.78, 5) is 16.4. The highest BCUT2D eigenvalue weighted by molar-refractivity contribution is 9.10. The summed E-state index contributed by atoms with van der Waals surface area (Å²) >= 11 is 4.85. The van der Waals surface area contributed by atoms with E-state index < -0.39 is 0 Å². The van der Waals surface area contributed by atoms with Crippen molar-refractivity contribution in [1.29, 1.82) is 0 Å². The van der Waals surface area contributed by atoms with Crippen molar-refractivity contribution < 1.29 is 4.79 Å². The van der Waals surface area contributed by atoms with Crippen LogP contribution in [-0.4, -0.2) is 17.1 Å². The standard InChI is InChI=1S/C15H16BrN3OS/c16-11-7-5-10(6-8-11)13-9-21-15(18-13)19-14(20)17-12-3-1-2-4-12/h5-9,12H,1-4H2,(H2,17,18,19,20). The van der Waals surface area contributed by atoms with Crippen LogP contribution in [0.2, 0.25) is 0 Å². The number of anilines is 1. The number of urea groups is 1. The largest absolute Gasteiger partial charge is 0.335 e. The highest BCUT2D eigenvalue weighted by atomic mass is 79.9. The fourth-order valence-corrected chi connectivity index (χ4v) is 3.45. The number of benzene rings is 1. The van der Waals surface area contributed by atoms with Crippen LogP contribution in [0.3, 0.4) is 0 Å². The van der Waals surface area contributed by atoms with Gasteiger partial charge in [0.1, 0.15) is 0 Å². The molecule has 0 saturated heterocycles. The van der Waals surface area contributed by atoms with Gasteiger partial charge in [0.25, 0.3) is 0 Å². The van der Waals surface area contributed by atoms with E-state index in [1.165, 1.54) is 24.2 Å². The summed E-state index contributed by atoms with van der Waals surface area (Å²) < 4.78 is 1.04. The quantitative estimate of drug-likeness (QED) is 0.832. The summed E-state index contributed by atoms with van der Waals surface area (Å²) in [5, 5.41) is 8.39. The minimum absolute atomic E-state index is 0.154. The van der Waals surface area contributed by atoms with Crippen molar-refractivity contribution in [2.45, 2.75) is 31.7 Å². The molecule has 1 aromatic carbocycles. The summed E-state index contributed by atoms with van der Waals surface area (Å²) in [6.07, 6.45) is 4.57. The predicted molar refractivity (Wildman–Crippen MR) is 89.7 cm³/mol. The lowest BCUT2D eigenvalue weighted by atomic mass is 10.2. The highest BCUT2D eigenvalue weighted by Gasteiger charge is 2.17. The molecule has 110 valence electrons. The number of hydrogen-bond acceptors (Lipinski definition) is 3. The van der Waals surface area contributed by atoms with Crippen LogP contribution >= 0.6 is 27.3 Å². The van der Waals surface area contributed by atoms with Gasteiger partial charge in [0.05, 0.1) is 5.69 Å². The Labute approximate surface area is 136 Å². The third-order valence-electron chi connectivity index (χ3n) is 3.56. The monoisotopic (exact) mass is 365 g/mol. The van der Waals surface area contributed by atoms with Crippen molar-refractivity contribution in [3.05, 3.63) is 34.1 Å². The van der Waals surface area contributed by atoms with Crippen LogP contribution in [0, 0.1) is 0 Å². The van der Waals surface area contributed by atoms with E-state index in [2.05, 4.69) is 31.5 Å². The zero-order valence-corrected chi connectivity index (χ0v) is 13.8. The summed E-state index contributed by atoms with van der Waals surface area (Å²) in [5.74, 6) is 0. The van der Waals surface area contributed by atoms with Gasteiger partial charge in [-0.2, -0.15) is 0 Å². The number of amides is 2. The van der Waals surface area contributed by atoms with Gasteiger partial charge in [0.15, 0.2) is 5.13 Å². The molecule has 0 radical (unpaired) electrons. The second-order valence-electron chi connectivity index (χ2n) is 5.12. The number of carbonyl (C=O) groups excluding carboxylic acids is 1. The molecular formula is C15H16BrN3OS. The van der Waals surface area contributed by atoms with Gasteiger partial charge in [-0.1, -0.05) is 40.9 Å². The van der Waals surface area contributed by atoms with Crippen LogP contribution in [0.4, 0.5) is 9.93 Å². The number of rotatable bonds is 3. The third kappa shape index (κ3) is 3.83.